The molecule has 1 aromatic carbocycles. The summed E-state index contributed by atoms with van der Waals surface area (Å²) in [7, 11) is 0. The van der Waals surface area contributed by atoms with Crippen molar-refractivity contribution >= 4 is 15.9 Å². The third kappa shape index (κ3) is 4.20. The first kappa shape index (κ1) is 14.8. The highest BCUT2D eigenvalue weighted by Gasteiger charge is 2.20. The van der Waals surface area contributed by atoms with Gasteiger partial charge in [-0.25, -0.2) is 0 Å². The van der Waals surface area contributed by atoms with E-state index in [1.54, 1.807) is 0 Å². The zero-order chi connectivity index (χ0) is 13.7. The highest BCUT2D eigenvalue weighted by molar-refractivity contribution is 9.10. The van der Waals surface area contributed by atoms with Crippen LogP contribution in [0.1, 0.15) is 30.9 Å². The Morgan fingerprint density at radius 3 is 3.00 bits per heavy atom. The van der Waals surface area contributed by atoms with E-state index in [9.17, 15) is 0 Å². The van der Waals surface area contributed by atoms with Crippen molar-refractivity contribution in [3.05, 3.63) is 27.7 Å². The van der Waals surface area contributed by atoms with Crippen LogP contribution in [0.5, 0.6) is 5.75 Å². The van der Waals surface area contributed by atoms with Gasteiger partial charge in [-0.1, -0.05) is 22.9 Å². The summed E-state index contributed by atoms with van der Waals surface area (Å²) in [6.45, 7) is 7.65. The molecule has 1 aliphatic rings. The molecule has 1 aliphatic heterocycles. The maximum absolute atomic E-state index is 6.14. The van der Waals surface area contributed by atoms with Gasteiger partial charge >= 0.3 is 0 Å². The van der Waals surface area contributed by atoms with Gasteiger partial charge in [0.1, 0.15) is 11.9 Å². The normalized spacial score (nSPS) is 18.8. The van der Waals surface area contributed by atoms with E-state index in [4.69, 9.17) is 9.47 Å². The van der Waals surface area contributed by atoms with Crippen LogP contribution < -0.4 is 10.1 Å². The number of rotatable bonds is 6. The Labute approximate surface area is 123 Å². The fourth-order valence-electron chi connectivity index (χ4n) is 2.27. The molecule has 0 bridgehead atoms. The minimum Gasteiger partial charge on any atom is -0.487 e. The summed E-state index contributed by atoms with van der Waals surface area (Å²) in [6.07, 6.45) is 2.32. The molecule has 0 radical (unpaired) electrons. The number of hydrogen-bond acceptors (Lipinski definition) is 3. The van der Waals surface area contributed by atoms with Crippen molar-refractivity contribution in [2.24, 2.45) is 0 Å². The predicted molar refractivity (Wildman–Crippen MR) is 80.7 cm³/mol. The molecule has 3 nitrogen and oxygen atoms in total. The lowest BCUT2D eigenvalue weighted by molar-refractivity contribution is 0.140. The van der Waals surface area contributed by atoms with Crippen LogP contribution >= 0.6 is 15.9 Å². The molecule has 4 heteroatoms. The van der Waals surface area contributed by atoms with Crippen LogP contribution in [0.3, 0.4) is 0 Å². The van der Waals surface area contributed by atoms with E-state index in [-0.39, 0.29) is 6.10 Å². The van der Waals surface area contributed by atoms with E-state index in [1.807, 2.05) is 0 Å². The van der Waals surface area contributed by atoms with E-state index in [0.29, 0.717) is 6.61 Å². The quantitative estimate of drug-likeness (QED) is 0.812. The van der Waals surface area contributed by atoms with Gasteiger partial charge in [0.2, 0.25) is 0 Å². The van der Waals surface area contributed by atoms with Gasteiger partial charge in [0.25, 0.3) is 0 Å². The molecule has 0 aliphatic carbocycles. The largest absolute Gasteiger partial charge is 0.487 e. The molecule has 0 saturated carbocycles. The topological polar surface area (TPSA) is 30.5 Å². The number of aryl methyl sites for hydroxylation is 1. The second-order valence-corrected chi connectivity index (χ2v) is 5.91. The van der Waals surface area contributed by atoms with Crippen LogP contribution in [0.15, 0.2) is 16.6 Å². The second-order valence-electron chi connectivity index (χ2n) is 4.99. The van der Waals surface area contributed by atoms with Crippen molar-refractivity contribution in [1.82, 2.24) is 5.32 Å². The summed E-state index contributed by atoms with van der Waals surface area (Å²) in [5, 5.41) is 3.44. The molecule has 2 rings (SSSR count). The van der Waals surface area contributed by atoms with Crippen LogP contribution in [-0.4, -0.2) is 25.9 Å². The standard InChI is InChI=1S/C15H22BrNO2/c1-3-5-17-9-12-8-13(16)7-11(2)15(12)19-14-4-6-18-10-14/h7-8,14,17H,3-6,9-10H2,1-2H3. The summed E-state index contributed by atoms with van der Waals surface area (Å²) in [4.78, 5) is 0. The van der Waals surface area contributed by atoms with Crippen LogP contribution in [0.2, 0.25) is 0 Å². The van der Waals surface area contributed by atoms with Crippen molar-refractivity contribution in [2.75, 3.05) is 19.8 Å². The van der Waals surface area contributed by atoms with Crippen LogP contribution in [-0.2, 0) is 11.3 Å². The molecular weight excluding hydrogens is 306 g/mol. The third-order valence-electron chi connectivity index (χ3n) is 3.23. The molecule has 1 saturated heterocycles. The van der Waals surface area contributed by atoms with Gasteiger partial charge in [-0.2, -0.15) is 0 Å². The van der Waals surface area contributed by atoms with Crippen molar-refractivity contribution in [3.8, 4) is 5.75 Å². The highest BCUT2D eigenvalue weighted by Crippen LogP contribution is 2.30. The van der Waals surface area contributed by atoms with Crippen LogP contribution in [0.25, 0.3) is 0 Å². The predicted octanol–water partition coefficient (Wildman–Crippen LogP) is 3.42. The Balaban J connectivity index is 2.13. The molecule has 0 amide bonds. The summed E-state index contributed by atoms with van der Waals surface area (Å²) in [5.41, 5.74) is 2.39. The lowest BCUT2D eigenvalue weighted by Crippen LogP contribution is -2.20. The molecule has 0 spiro atoms. The number of nitrogens with one attached hydrogen (secondary N) is 1. The summed E-state index contributed by atoms with van der Waals surface area (Å²) >= 11 is 3.56. The Morgan fingerprint density at radius 2 is 2.32 bits per heavy atom. The Hall–Kier alpha value is -0.580. The van der Waals surface area contributed by atoms with Gasteiger partial charge in [-0.15, -0.1) is 0 Å². The smallest absolute Gasteiger partial charge is 0.127 e. The molecule has 106 valence electrons. The zero-order valence-electron chi connectivity index (χ0n) is 11.7. The highest BCUT2D eigenvalue weighted by atomic mass is 79.9. The van der Waals surface area contributed by atoms with Gasteiger partial charge < -0.3 is 14.8 Å². The van der Waals surface area contributed by atoms with Gasteiger partial charge in [-0.05, 0) is 37.6 Å². The van der Waals surface area contributed by atoms with Gasteiger partial charge in [-0.3, -0.25) is 0 Å². The van der Waals surface area contributed by atoms with Gasteiger partial charge in [0.15, 0.2) is 0 Å². The van der Waals surface area contributed by atoms with Crippen molar-refractivity contribution < 1.29 is 9.47 Å². The number of benzene rings is 1. The maximum atomic E-state index is 6.14. The molecular formula is C15H22BrNO2. The fraction of sp³-hybridized carbons (Fsp3) is 0.600. The van der Waals surface area contributed by atoms with E-state index in [1.165, 1.54) is 11.1 Å². The number of ether oxygens (including phenoxy) is 2. The zero-order valence-corrected chi connectivity index (χ0v) is 13.3. The van der Waals surface area contributed by atoms with Crippen LogP contribution in [0, 0.1) is 6.92 Å². The number of halogens is 1. The van der Waals surface area contributed by atoms with Crippen molar-refractivity contribution in [1.29, 1.82) is 0 Å². The number of hydrogen-bond donors (Lipinski definition) is 1. The minimum atomic E-state index is 0.199. The average molecular weight is 328 g/mol. The third-order valence-corrected chi connectivity index (χ3v) is 3.69. The summed E-state index contributed by atoms with van der Waals surface area (Å²) < 4.78 is 12.6. The van der Waals surface area contributed by atoms with Crippen molar-refractivity contribution in [3.63, 3.8) is 0 Å². The summed E-state index contributed by atoms with van der Waals surface area (Å²) in [5.74, 6) is 1.02. The Morgan fingerprint density at radius 1 is 1.47 bits per heavy atom. The lowest BCUT2D eigenvalue weighted by Gasteiger charge is -2.19. The van der Waals surface area contributed by atoms with E-state index in [0.717, 1.165) is 42.8 Å². The molecule has 19 heavy (non-hydrogen) atoms. The molecule has 1 heterocycles. The SMILES string of the molecule is CCCNCc1cc(Br)cc(C)c1OC1CCOC1. The Bertz CT molecular complexity index is 417. The fourth-order valence-corrected chi connectivity index (χ4v) is 2.89. The van der Waals surface area contributed by atoms with Gasteiger partial charge in [0.05, 0.1) is 13.2 Å². The van der Waals surface area contributed by atoms with E-state index >= 15 is 0 Å². The van der Waals surface area contributed by atoms with Gasteiger partial charge in [0, 0.05) is 23.0 Å². The molecule has 1 N–H and O–H groups in total. The van der Waals surface area contributed by atoms with Crippen LogP contribution in [0.4, 0.5) is 0 Å². The van der Waals surface area contributed by atoms with E-state index < -0.39 is 0 Å². The maximum Gasteiger partial charge on any atom is 0.127 e. The monoisotopic (exact) mass is 327 g/mol. The van der Waals surface area contributed by atoms with E-state index in [2.05, 4.69) is 47.2 Å². The minimum absolute atomic E-state index is 0.199. The molecule has 0 aromatic heterocycles. The molecule has 1 atom stereocenters. The molecule has 1 unspecified atom stereocenters. The summed E-state index contributed by atoms with van der Waals surface area (Å²) in [6, 6.07) is 4.25. The van der Waals surface area contributed by atoms with Crippen molar-refractivity contribution in [2.45, 2.75) is 39.3 Å². The lowest BCUT2D eigenvalue weighted by atomic mass is 10.1. The first-order chi connectivity index (χ1) is 9.20. The first-order valence-electron chi connectivity index (χ1n) is 6.95. The Kier molecular flexibility index (Phi) is 5.67. The average Bonchev–Trinajstić information content (AvgIpc) is 2.86. The molecule has 1 aromatic rings. The second kappa shape index (κ2) is 7.27. The first-order valence-corrected chi connectivity index (χ1v) is 7.74. The molecule has 1 fully saturated rings.